The molecule has 0 saturated heterocycles. The highest BCUT2D eigenvalue weighted by Crippen LogP contribution is 2.24. The Bertz CT molecular complexity index is 573. The van der Waals surface area contributed by atoms with E-state index in [4.69, 9.17) is 0 Å². The molecule has 0 atom stereocenters. The molecule has 0 bridgehead atoms. The van der Waals surface area contributed by atoms with Crippen LogP contribution in [0.25, 0.3) is 10.9 Å². The van der Waals surface area contributed by atoms with Crippen LogP contribution in [0.15, 0.2) is 30.5 Å². The van der Waals surface area contributed by atoms with Gasteiger partial charge in [0.25, 0.3) is 0 Å². The Labute approximate surface area is 129 Å². The van der Waals surface area contributed by atoms with Crippen molar-refractivity contribution in [2.45, 2.75) is 54.1 Å². The van der Waals surface area contributed by atoms with Gasteiger partial charge in [-0.3, -0.25) is 0 Å². The van der Waals surface area contributed by atoms with Crippen LogP contribution in [0.5, 0.6) is 0 Å². The fourth-order valence-electron chi connectivity index (χ4n) is 2.62. The molecule has 0 aliphatic heterocycles. The van der Waals surface area contributed by atoms with Crippen molar-refractivity contribution in [3.8, 4) is 0 Å². The molecular formula is C19H30N2. The van der Waals surface area contributed by atoms with Crippen molar-refractivity contribution < 1.29 is 0 Å². The minimum atomic E-state index is 0.376. The van der Waals surface area contributed by atoms with Crippen LogP contribution in [0.1, 0.15) is 46.6 Å². The Morgan fingerprint density at radius 2 is 1.90 bits per heavy atom. The molecule has 0 unspecified atom stereocenters. The van der Waals surface area contributed by atoms with E-state index in [0.717, 1.165) is 19.6 Å². The highest BCUT2D eigenvalue weighted by atomic mass is 15.0. The molecule has 2 heteroatoms. The first-order valence-corrected chi connectivity index (χ1v) is 8.14. The topological polar surface area (TPSA) is 17.0 Å². The predicted octanol–water partition coefficient (Wildman–Crippen LogP) is 4.82. The summed E-state index contributed by atoms with van der Waals surface area (Å²) in [7, 11) is 0. The minimum Gasteiger partial charge on any atom is -0.347 e. The van der Waals surface area contributed by atoms with Crippen LogP contribution in [-0.2, 0) is 13.1 Å². The van der Waals surface area contributed by atoms with E-state index in [0.29, 0.717) is 11.3 Å². The van der Waals surface area contributed by atoms with Gasteiger partial charge in [0.05, 0.1) is 5.52 Å². The summed E-state index contributed by atoms with van der Waals surface area (Å²) < 4.78 is 2.42. The number of nitrogens with one attached hydrogen (secondary N) is 1. The molecule has 0 saturated carbocycles. The summed E-state index contributed by atoms with van der Waals surface area (Å²) in [4.78, 5) is 0. The van der Waals surface area contributed by atoms with E-state index >= 15 is 0 Å². The number of hydrogen-bond donors (Lipinski definition) is 1. The van der Waals surface area contributed by atoms with Crippen molar-refractivity contribution in [3.63, 3.8) is 0 Å². The van der Waals surface area contributed by atoms with E-state index in [-0.39, 0.29) is 0 Å². The van der Waals surface area contributed by atoms with Crippen LogP contribution < -0.4 is 5.32 Å². The molecule has 0 fully saturated rings. The third-order valence-corrected chi connectivity index (χ3v) is 3.84. The van der Waals surface area contributed by atoms with Gasteiger partial charge in [0.15, 0.2) is 0 Å². The Kier molecular flexibility index (Phi) is 5.10. The number of para-hydroxylation sites is 1. The van der Waals surface area contributed by atoms with Gasteiger partial charge in [-0.25, -0.2) is 0 Å². The number of aryl methyl sites for hydroxylation is 1. The summed E-state index contributed by atoms with van der Waals surface area (Å²) in [5, 5.41) is 4.92. The maximum atomic E-state index is 3.57. The van der Waals surface area contributed by atoms with Crippen molar-refractivity contribution in [3.05, 3.63) is 36.0 Å². The molecule has 0 spiro atoms. The molecule has 0 aliphatic carbocycles. The molecule has 1 aromatic heterocycles. The third-order valence-electron chi connectivity index (χ3n) is 3.84. The first-order valence-electron chi connectivity index (χ1n) is 8.14. The first kappa shape index (κ1) is 16.1. The molecule has 2 aromatic rings. The Hall–Kier alpha value is -1.28. The smallest absolute Gasteiger partial charge is 0.0525 e. The molecule has 21 heavy (non-hydrogen) atoms. The standard InChI is InChI=1S/C19H30N2/c1-15(2)13-20-14-17-8-6-7-16-9-11-21(18(16)17)12-10-19(3,4)5/h6-9,11,15,20H,10,12-14H2,1-5H3. The second-order valence-electron chi connectivity index (χ2n) is 7.70. The number of aromatic nitrogens is 1. The van der Waals surface area contributed by atoms with Crippen LogP contribution in [0, 0.1) is 11.3 Å². The zero-order chi connectivity index (χ0) is 15.5. The molecule has 2 nitrogen and oxygen atoms in total. The monoisotopic (exact) mass is 286 g/mol. The lowest BCUT2D eigenvalue weighted by Crippen LogP contribution is -2.19. The van der Waals surface area contributed by atoms with Crippen molar-refractivity contribution >= 4 is 10.9 Å². The zero-order valence-electron chi connectivity index (χ0n) is 14.2. The Morgan fingerprint density at radius 3 is 2.57 bits per heavy atom. The van der Waals surface area contributed by atoms with E-state index < -0.39 is 0 Å². The summed E-state index contributed by atoms with van der Waals surface area (Å²) in [6.45, 7) is 14.5. The number of rotatable bonds is 6. The van der Waals surface area contributed by atoms with E-state index in [1.54, 1.807) is 0 Å². The average Bonchev–Trinajstić information content (AvgIpc) is 2.79. The van der Waals surface area contributed by atoms with Crippen LogP contribution >= 0.6 is 0 Å². The van der Waals surface area contributed by atoms with Crippen LogP contribution in [0.4, 0.5) is 0 Å². The first-order chi connectivity index (χ1) is 9.87. The summed E-state index contributed by atoms with van der Waals surface area (Å²) in [5.41, 5.74) is 3.19. The fourth-order valence-corrected chi connectivity index (χ4v) is 2.62. The number of nitrogens with zero attached hydrogens (tertiary/aromatic N) is 1. The van der Waals surface area contributed by atoms with Gasteiger partial charge >= 0.3 is 0 Å². The summed E-state index contributed by atoms with van der Waals surface area (Å²) in [6.07, 6.45) is 3.44. The van der Waals surface area contributed by atoms with E-state index in [1.165, 1.54) is 22.9 Å². The quantitative estimate of drug-likeness (QED) is 0.805. The summed E-state index contributed by atoms with van der Waals surface area (Å²) >= 11 is 0. The minimum absolute atomic E-state index is 0.376. The molecule has 116 valence electrons. The van der Waals surface area contributed by atoms with Gasteiger partial charge in [0, 0.05) is 19.3 Å². The second kappa shape index (κ2) is 6.65. The lowest BCUT2D eigenvalue weighted by molar-refractivity contribution is 0.353. The summed E-state index contributed by atoms with van der Waals surface area (Å²) in [5.74, 6) is 0.692. The second-order valence-corrected chi connectivity index (χ2v) is 7.70. The largest absolute Gasteiger partial charge is 0.347 e. The molecule has 1 N–H and O–H groups in total. The number of benzene rings is 1. The molecule has 1 heterocycles. The van der Waals surface area contributed by atoms with E-state index in [2.05, 4.69) is 75.0 Å². The van der Waals surface area contributed by atoms with Crippen molar-refractivity contribution in [2.24, 2.45) is 11.3 Å². The number of hydrogen-bond acceptors (Lipinski definition) is 1. The van der Waals surface area contributed by atoms with Gasteiger partial charge < -0.3 is 9.88 Å². The average molecular weight is 286 g/mol. The number of fused-ring (bicyclic) bond motifs is 1. The van der Waals surface area contributed by atoms with Gasteiger partial charge in [-0.2, -0.15) is 0 Å². The highest BCUT2D eigenvalue weighted by Gasteiger charge is 2.12. The zero-order valence-corrected chi connectivity index (χ0v) is 14.2. The molecule has 2 rings (SSSR count). The van der Waals surface area contributed by atoms with Crippen LogP contribution in [0.3, 0.4) is 0 Å². The van der Waals surface area contributed by atoms with Gasteiger partial charge in [-0.05, 0) is 41.3 Å². The van der Waals surface area contributed by atoms with Crippen LogP contribution in [-0.4, -0.2) is 11.1 Å². The Morgan fingerprint density at radius 1 is 1.14 bits per heavy atom. The SMILES string of the molecule is CC(C)CNCc1cccc2ccn(CCC(C)(C)C)c12. The lowest BCUT2D eigenvalue weighted by atomic mass is 9.92. The van der Waals surface area contributed by atoms with Gasteiger partial charge in [0.1, 0.15) is 0 Å². The molecular weight excluding hydrogens is 256 g/mol. The van der Waals surface area contributed by atoms with Crippen molar-refractivity contribution in [1.82, 2.24) is 9.88 Å². The fraction of sp³-hybridized carbons (Fsp3) is 0.579. The normalized spacial score (nSPS) is 12.5. The maximum absolute atomic E-state index is 3.57. The van der Waals surface area contributed by atoms with Gasteiger partial charge in [-0.1, -0.05) is 52.8 Å². The third kappa shape index (κ3) is 4.60. The lowest BCUT2D eigenvalue weighted by Gasteiger charge is -2.19. The molecule has 0 radical (unpaired) electrons. The van der Waals surface area contributed by atoms with Gasteiger partial charge in [-0.15, -0.1) is 0 Å². The van der Waals surface area contributed by atoms with Crippen LogP contribution in [0.2, 0.25) is 0 Å². The highest BCUT2D eigenvalue weighted by molar-refractivity contribution is 5.83. The molecule has 0 amide bonds. The van der Waals surface area contributed by atoms with E-state index in [1.807, 2.05) is 0 Å². The Balaban J connectivity index is 2.18. The predicted molar refractivity (Wildman–Crippen MR) is 92.6 cm³/mol. The molecule has 1 aromatic carbocycles. The van der Waals surface area contributed by atoms with Crippen molar-refractivity contribution in [1.29, 1.82) is 0 Å². The maximum Gasteiger partial charge on any atom is 0.0525 e. The van der Waals surface area contributed by atoms with E-state index in [9.17, 15) is 0 Å². The van der Waals surface area contributed by atoms with Gasteiger partial charge in [0.2, 0.25) is 0 Å². The molecule has 0 aliphatic rings. The summed E-state index contributed by atoms with van der Waals surface area (Å²) in [6, 6.07) is 8.88. The van der Waals surface area contributed by atoms with Crippen molar-refractivity contribution in [2.75, 3.05) is 6.54 Å².